The lowest BCUT2D eigenvalue weighted by atomic mass is 10.1. The molecule has 3 rings (SSSR count). The molecule has 0 spiro atoms. The summed E-state index contributed by atoms with van der Waals surface area (Å²) in [5.74, 6) is -0.438. The van der Waals surface area contributed by atoms with Crippen LogP contribution in [0.5, 0.6) is 0 Å². The van der Waals surface area contributed by atoms with Gasteiger partial charge in [0.1, 0.15) is 12.2 Å². The third-order valence-corrected chi connectivity index (χ3v) is 4.79. The van der Waals surface area contributed by atoms with Gasteiger partial charge in [0, 0.05) is 36.3 Å². The Kier molecular flexibility index (Phi) is 4.59. The number of hydrogen-bond donors (Lipinski definition) is 0. The summed E-state index contributed by atoms with van der Waals surface area (Å²) in [6.45, 7) is 2.54. The second-order valence-electron chi connectivity index (χ2n) is 5.73. The number of likely N-dealkylation sites (N-methyl/N-ethyl adjacent to an activating group) is 2. The van der Waals surface area contributed by atoms with Crippen molar-refractivity contribution in [1.29, 1.82) is 0 Å². The number of nitrogens with zero attached hydrogens (tertiary/aromatic N) is 3. The van der Waals surface area contributed by atoms with Gasteiger partial charge in [-0.15, -0.1) is 0 Å². The molecular weight excluding hydrogens is 338 g/mol. The number of methoxy groups -OCH3 is 1. The Morgan fingerprint density at radius 3 is 2.68 bits per heavy atom. The minimum atomic E-state index is -0.327. The fourth-order valence-corrected chi connectivity index (χ4v) is 3.27. The molecule has 1 aliphatic rings. The molecule has 7 heteroatoms. The van der Waals surface area contributed by atoms with Gasteiger partial charge in [0.2, 0.25) is 0 Å². The lowest BCUT2D eigenvalue weighted by Gasteiger charge is -2.13. The first kappa shape index (κ1) is 17.2. The van der Waals surface area contributed by atoms with Crippen LogP contribution in [0.1, 0.15) is 12.5 Å². The van der Waals surface area contributed by atoms with Crippen molar-refractivity contribution in [1.82, 2.24) is 14.4 Å². The molecule has 0 radical (unpaired) electrons. The summed E-state index contributed by atoms with van der Waals surface area (Å²) >= 11 is 5.33. The van der Waals surface area contributed by atoms with Crippen molar-refractivity contribution in [2.45, 2.75) is 13.5 Å². The topological polar surface area (TPSA) is 54.8 Å². The van der Waals surface area contributed by atoms with Crippen LogP contribution in [0.15, 0.2) is 36.2 Å². The van der Waals surface area contributed by atoms with Crippen LogP contribution in [0, 0.1) is 0 Å². The van der Waals surface area contributed by atoms with E-state index in [2.05, 4.69) is 0 Å². The fraction of sp³-hybridized carbons (Fsp3) is 0.278. The van der Waals surface area contributed by atoms with Crippen molar-refractivity contribution in [3.8, 4) is 0 Å². The summed E-state index contributed by atoms with van der Waals surface area (Å²) in [5.41, 5.74) is 2.28. The van der Waals surface area contributed by atoms with E-state index in [-0.39, 0.29) is 18.4 Å². The van der Waals surface area contributed by atoms with Crippen LogP contribution in [0.2, 0.25) is 0 Å². The van der Waals surface area contributed by atoms with E-state index >= 15 is 0 Å². The summed E-state index contributed by atoms with van der Waals surface area (Å²) in [6, 6.07) is 7.73. The Morgan fingerprint density at radius 2 is 2.04 bits per heavy atom. The molecule has 0 unspecified atom stereocenters. The van der Waals surface area contributed by atoms with E-state index in [0.717, 1.165) is 16.5 Å². The van der Waals surface area contributed by atoms with E-state index in [4.69, 9.17) is 17.0 Å². The van der Waals surface area contributed by atoms with E-state index in [1.807, 2.05) is 48.0 Å². The molecule has 1 saturated heterocycles. The summed E-state index contributed by atoms with van der Waals surface area (Å²) in [5, 5.41) is 1.46. The molecule has 0 atom stereocenters. The zero-order valence-corrected chi connectivity index (χ0v) is 15.2. The number of para-hydroxylation sites is 1. The van der Waals surface area contributed by atoms with Gasteiger partial charge >= 0.3 is 5.97 Å². The maximum absolute atomic E-state index is 12.6. The molecule has 0 N–H and O–H groups in total. The van der Waals surface area contributed by atoms with Gasteiger partial charge in [-0.2, -0.15) is 0 Å². The zero-order chi connectivity index (χ0) is 18.1. The average molecular weight is 357 g/mol. The molecule has 1 aliphatic heterocycles. The highest BCUT2D eigenvalue weighted by molar-refractivity contribution is 7.80. The van der Waals surface area contributed by atoms with Gasteiger partial charge in [-0.1, -0.05) is 18.2 Å². The van der Waals surface area contributed by atoms with Gasteiger partial charge in [0.25, 0.3) is 5.91 Å². The minimum Gasteiger partial charge on any atom is -0.468 e. The van der Waals surface area contributed by atoms with E-state index < -0.39 is 0 Å². The van der Waals surface area contributed by atoms with E-state index in [1.165, 1.54) is 7.11 Å². The molecule has 0 saturated carbocycles. The van der Waals surface area contributed by atoms with Crippen LogP contribution < -0.4 is 0 Å². The standard InChI is InChI=1S/C18H19N3O3S/c1-4-21-17(23)15(19(2)18(21)25)9-12-10-20(11-16(22)24-3)14-8-6-5-7-13(12)14/h5-10H,4,11H2,1-3H3/b15-9-. The van der Waals surface area contributed by atoms with Crippen LogP contribution in [0.4, 0.5) is 0 Å². The summed E-state index contributed by atoms with van der Waals surface area (Å²) in [7, 11) is 3.15. The van der Waals surface area contributed by atoms with Gasteiger partial charge < -0.3 is 14.2 Å². The van der Waals surface area contributed by atoms with Crippen LogP contribution >= 0.6 is 12.2 Å². The van der Waals surface area contributed by atoms with Crippen molar-refractivity contribution in [3.05, 3.63) is 41.7 Å². The highest BCUT2D eigenvalue weighted by atomic mass is 32.1. The third kappa shape index (κ3) is 2.91. The van der Waals surface area contributed by atoms with Crippen molar-refractivity contribution in [2.75, 3.05) is 20.7 Å². The summed E-state index contributed by atoms with van der Waals surface area (Å²) in [4.78, 5) is 27.5. The number of amides is 1. The van der Waals surface area contributed by atoms with Gasteiger partial charge in [0.15, 0.2) is 5.11 Å². The molecular formula is C18H19N3O3S. The van der Waals surface area contributed by atoms with E-state index in [9.17, 15) is 9.59 Å². The number of esters is 1. The number of rotatable bonds is 4. The Bertz CT molecular complexity index is 900. The minimum absolute atomic E-state index is 0.111. The zero-order valence-electron chi connectivity index (χ0n) is 14.4. The van der Waals surface area contributed by atoms with Crippen molar-refractivity contribution in [3.63, 3.8) is 0 Å². The SMILES string of the molecule is CCN1C(=O)/C(=C/c2cn(CC(=O)OC)c3ccccc23)N(C)C1=S. The Balaban J connectivity index is 2.09. The molecule has 1 aromatic carbocycles. The molecule has 130 valence electrons. The summed E-state index contributed by atoms with van der Waals surface area (Å²) < 4.78 is 6.58. The first-order chi connectivity index (χ1) is 12.0. The van der Waals surface area contributed by atoms with E-state index in [1.54, 1.807) is 16.8 Å². The first-order valence-electron chi connectivity index (χ1n) is 7.93. The van der Waals surface area contributed by atoms with Crippen molar-refractivity contribution in [2.24, 2.45) is 0 Å². The maximum Gasteiger partial charge on any atom is 0.325 e. The smallest absolute Gasteiger partial charge is 0.325 e. The monoisotopic (exact) mass is 357 g/mol. The number of carbonyl (C=O) groups excluding carboxylic acids is 2. The fourth-order valence-electron chi connectivity index (χ4n) is 2.96. The Hall–Kier alpha value is -2.67. The summed E-state index contributed by atoms with van der Waals surface area (Å²) in [6.07, 6.45) is 3.67. The molecule has 6 nitrogen and oxygen atoms in total. The highest BCUT2D eigenvalue weighted by Crippen LogP contribution is 2.27. The second-order valence-corrected chi connectivity index (χ2v) is 6.09. The van der Waals surface area contributed by atoms with Gasteiger partial charge in [-0.25, -0.2) is 0 Å². The number of aromatic nitrogens is 1. The molecule has 1 amide bonds. The van der Waals surface area contributed by atoms with Crippen LogP contribution in [0.3, 0.4) is 0 Å². The van der Waals surface area contributed by atoms with Crippen LogP contribution in [-0.2, 0) is 20.9 Å². The number of hydrogen-bond acceptors (Lipinski definition) is 4. The first-order valence-corrected chi connectivity index (χ1v) is 8.34. The largest absolute Gasteiger partial charge is 0.468 e. The molecule has 0 bridgehead atoms. The number of ether oxygens (including phenoxy) is 1. The lowest BCUT2D eigenvalue weighted by molar-refractivity contribution is -0.141. The van der Waals surface area contributed by atoms with Gasteiger partial charge in [-0.05, 0) is 31.3 Å². The predicted octanol–water partition coefficient (Wildman–Crippen LogP) is 2.23. The quantitative estimate of drug-likeness (QED) is 0.477. The second kappa shape index (κ2) is 6.68. The predicted molar refractivity (Wildman–Crippen MR) is 99.7 cm³/mol. The number of thiocarbonyl (C=S) groups is 1. The number of carbonyl (C=O) groups is 2. The maximum atomic E-state index is 12.6. The molecule has 2 heterocycles. The van der Waals surface area contributed by atoms with Gasteiger partial charge in [0.05, 0.1) is 7.11 Å². The lowest BCUT2D eigenvalue weighted by Crippen LogP contribution is -2.30. The molecule has 1 fully saturated rings. The third-order valence-electron chi connectivity index (χ3n) is 4.30. The highest BCUT2D eigenvalue weighted by Gasteiger charge is 2.34. The molecule has 0 aliphatic carbocycles. The molecule has 25 heavy (non-hydrogen) atoms. The Labute approximate surface area is 151 Å². The van der Waals surface area contributed by atoms with Gasteiger partial charge in [-0.3, -0.25) is 14.5 Å². The number of fused-ring (bicyclic) bond motifs is 1. The van der Waals surface area contributed by atoms with Crippen LogP contribution in [0.25, 0.3) is 17.0 Å². The van der Waals surface area contributed by atoms with E-state index in [0.29, 0.717) is 17.4 Å². The average Bonchev–Trinajstić information content (AvgIpc) is 3.06. The normalized spacial score (nSPS) is 16.4. The Morgan fingerprint density at radius 1 is 1.32 bits per heavy atom. The van der Waals surface area contributed by atoms with Crippen LogP contribution in [-0.4, -0.2) is 52.1 Å². The van der Waals surface area contributed by atoms with Crippen molar-refractivity contribution < 1.29 is 14.3 Å². The number of benzene rings is 1. The van der Waals surface area contributed by atoms with Crippen molar-refractivity contribution >= 4 is 46.2 Å². The molecule has 2 aromatic rings. The molecule has 1 aromatic heterocycles.